The minimum atomic E-state index is -0.194. The Hall–Kier alpha value is -7.76. The Balaban J connectivity index is 0.888. The van der Waals surface area contributed by atoms with E-state index in [9.17, 15) is 0 Å². The molecule has 0 radical (unpaired) electrons. The van der Waals surface area contributed by atoms with E-state index >= 15 is 0 Å². The molecule has 7 aromatic carbocycles. The molecule has 2 aliphatic heterocycles. The van der Waals surface area contributed by atoms with E-state index in [4.69, 9.17) is 9.98 Å². The summed E-state index contributed by atoms with van der Waals surface area (Å²) in [4.78, 5) is 12.6. The van der Waals surface area contributed by atoms with Crippen LogP contribution in [0.1, 0.15) is 53.0 Å². The van der Waals surface area contributed by atoms with Crippen LogP contribution in [-0.2, 0) is 0 Å². The van der Waals surface area contributed by atoms with E-state index < -0.39 is 0 Å². The average Bonchev–Trinajstić information content (AvgIpc) is 3.87. The van der Waals surface area contributed by atoms with Crippen LogP contribution in [0.5, 0.6) is 0 Å². The molecule has 62 heavy (non-hydrogen) atoms. The third-order valence-electron chi connectivity index (χ3n) is 12.9. The van der Waals surface area contributed by atoms with Crippen molar-refractivity contribution in [2.75, 3.05) is 4.90 Å². The third-order valence-corrected chi connectivity index (χ3v) is 12.9. The quantitative estimate of drug-likeness (QED) is 0.175. The van der Waals surface area contributed by atoms with Crippen LogP contribution in [0.2, 0.25) is 0 Å². The molecule has 4 aliphatic rings. The second-order valence-electron chi connectivity index (χ2n) is 16.5. The standard InChI is InChI=1S/C57H43N5/c1-4-15-39(16-5-1)55-58-56(40-17-6-2-7-18-40)60-57(59-55)41-29-27-38(28-30-41)44-31-33-49-47-23-10-12-25-51(47)62(54(49)37-44)46-22-14-19-42(35-46)43-32-34-53-50(36-43)48-24-11-13-26-52(48)61(53)45-20-8-3-9-21-45/h1-27,29,31-35,37,50,57H,28,30,36H2,(H,58,59,60). The van der Waals surface area contributed by atoms with Crippen molar-refractivity contribution in [3.8, 4) is 5.69 Å². The molecule has 2 atom stereocenters. The molecule has 1 N–H and O–H groups in total. The van der Waals surface area contributed by atoms with Gasteiger partial charge in [0, 0.05) is 50.6 Å². The lowest BCUT2D eigenvalue weighted by Crippen LogP contribution is -2.40. The molecule has 8 aromatic rings. The summed E-state index contributed by atoms with van der Waals surface area (Å²) in [5.74, 6) is 1.91. The van der Waals surface area contributed by atoms with E-state index in [2.05, 4.69) is 197 Å². The first-order chi connectivity index (χ1) is 30.7. The summed E-state index contributed by atoms with van der Waals surface area (Å²) in [6, 6.07) is 65.3. The van der Waals surface area contributed by atoms with Crippen LogP contribution in [0.3, 0.4) is 0 Å². The van der Waals surface area contributed by atoms with Gasteiger partial charge in [-0.2, -0.15) is 0 Å². The van der Waals surface area contributed by atoms with Crippen molar-refractivity contribution in [3.63, 3.8) is 0 Å². The van der Waals surface area contributed by atoms with Gasteiger partial charge >= 0.3 is 0 Å². The Bertz CT molecular complexity index is 3240. The second kappa shape index (κ2) is 15.1. The van der Waals surface area contributed by atoms with E-state index in [0.717, 1.165) is 42.1 Å². The molecule has 0 saturated heterocycles. The minimum Gasteiger partial charge on any atom is -0.344 e. The van der Waals surface area contributed by atoms with Crippen molar-refractivity contribution in [1.29, 1.82) is 0 Å². The van der Waals surface area contributed by atoms with Gasteiger partial charge in [0.2, 0.25) is 0 Å². The lowest BCUT2D eigenvalue weighted by molar-refractivity contribution is 0.680. The zero-order chi connectivity index (χ0) is 41.0. The van der Waals surface area contributed by atoms with Gasteiger partial charge in [-0.15, -0.1) is 0 Å². The van der Waals surface area contributed by atoms with Gasteiger partial charge < -0.3 is 14.8 Å². The van der Waals surface area contributed by atoms with Crippen molar-refractivity contribution in [1.82, 2.24) is 9.88 Å². The van der Waals surface area contributed by atoms with Crippen molar-refractivity contribution >= 4 is 56.0 Å². The molecule has 0 spiro atoms. The fourth-order valence-electron chi connectivity index (χ4n) is 9.91. The fraction of sp³-hybridized carbons (Fsp3) is 0.0877. The first-order valence-corrected chi connectivity index (χ1v) is 21.7. The number of aromatic nitrogens is 1. The Morgan fingerprint density at radius 2 is 1.18 bits per heavy atom. The summed E-state index contributed by atoms with van der Waals surface area (Å²) in [6.45, 7) is 0. The van der Waals surface area contributed by atoms with Crippen LogP contribution in [0.15, 0.2) is 228 Å². The third kappa shape index (κ3) is 6.24. The van der Waals surface area contributed by atoms with Gasteiger partial charge in [-0.3, -0.25) is 0 Å². The highest BCUT2D eigenvalue weighted by atomic mass is 15.2. The monoisotopic (exact) mass is 797 g/mol. The molecular weight excluding hydrogens is 755 g/mol. The molecule has 0 amide bonds. The van der Waals surface area contributed by atoms with E-state index in [-0.39, 0.29) is 6.17 Å². The number of amidine groups is 2. The predicted molar refractivity (Wildman–Crippen MR) is 257 cm³/mol. The summed E-state index contributed by atoms with van der Waals surface area (Å²) < 4.78 is 2.46. The minimum absolute atomic E-state index is 0.194. The number of para-hydroxylation sites is 3. The van der Waals surface area contributed by atoms with Crippen LogP contribution in [0, 0.1) is 0 Å². The normalized spacial score (nSPS) is 18.2. The molecular formula is C57H43N5. The van der Waals surface area contributed by atoms with Gasteiger partial charge in [-0.25, -0.2) is 9.98 Å². The summed E-state index contributed by atoms with van der Waals surface area (Å²) >= 11 is 0. The van der Waals surface area contributed by atoms with E-state index in [1.165, 1.54) is 78.0 Å². The lowest BCUT2D eigenvalue weighted by atomic mass is 9.85. The molecule has 2 unspecified atom stereocenters. The van der Waals surface area contributed by atoms with Gasteiger partial charge in [0.25, 0.3) is 0 Å². The number of nitrogens with zero attached hydrogens (tertiary/aromatic N) is 4. The summed E-state index contributed by atoms with van der Waals surface area (Å²) in [5.41, 5.74) is 17.4. The zero-order valence-electron chi connectivity index (χ0n) is 34.2. The maximum Gasteiger partial charge on any atom is 0.159 e. The highest BCUT2D eigenvalue weighted by Crippen LogP contribution is 2.52. The molecule has 0 saturated carbocycles. The number of rotatable bonds is 7. The van der Waals surface area contributed by atoms with Crippen molar-refractivity contribution in [3.05, 3.63) is 245 Å². The number of hydrogen-bond acceptors (Lipinski definition) is 4. The molecule has 0 bridgehead atoms. The molecule has 0 fully saturated rings. The zero-order valence-corrected chi connectivity index (χ0v) is 34.2. The highest BCUT2D eigenvalue weighted by molar-refractivity contribution is 6.13. The Morgan fingerprint density at radius 1 is 0.500 bits per heavy atom. The first kappa shape index (κ1) is 36.1. The molecule has 3 heterocycles. The number of anilines is 2. The fourth-order valence-corrected chi connectivity index (χ4v) is 9.91. The summed E-state index contributed by atoms with van der Waals surface area (Å²) in [6.07, 6.45) is 11.9. The van der Waals surface area contributed by atoms with Crippen molar-refractivity contribution in [2.24, 2.45) is 9.98 Å². The van der Waals surface area contributed by atoms with Crippen molar-refractivity contribution in [2.45, 2.75) is 31.3 Å². The van der Waals surface area contributed by atoms with Crippen LogP contribution in [0.25, 0.3) is 38.6 Å². The van der Waals surface area contributed by atoms with E-state index in [0.29, 0.717) is 5.92 Å². The molecule has 12 rings (SSSR count). The molecule has 296 valence electrons. The van der Waals surface area contributed by atoms with Gasteiger partial charge in [0.15, 0.2) is 5.84 Å². The molecule has 2 aliphatic carbocycles. The number of allylic oxidation sites excluding steroid dienone is 7. The second-order valence-corrected chi connectivity index (χ2v) is 16.5. The van der Waals surface area contributed by atoms with Gasteiger partial charge in [-0.05, 0) is 101 Å². The largest absolute Gasteiger partial charge is 0.344 e. The van der Waals surface area contributed by atoms with E-state index in [1.54, 1.807) is 0 Å². The van der Waals surface area contributed by atoms with Crippen LogP contribution in [-0.4, -0.2) is 22.4 Å². The summed E-state index contributed by atoms with van der Waals surface area (Å²) in [5, 5.41) is 6.19. The van der Waals surface area contributed by atoms with Crippen molar-refractivity contribution < 1.29 is 0 Å². The predicted octanol–water partition coefficient (Wildman–Crippen LogP) is 13.3. The van der Waals surface area contributed by atoms with Gasteiger partial charge in [-0.1, -0.05) is 158 Å². The Kier molecular flexibility index (Phi) is 8.77. The van der Waals surface area contributed by atoms with Crippen LogP contribution in [0.4, 0.5) is 11.4 Å². The molecule has 5 nitrogen and oxygen atoms in total. The van der Waals surface area contributed by atoms with Crippen LogP contribution >= 0.6 is 0 Å². The Labute approximate surface area is 361 Å². The highest BCUT2D eigenvalue weighted by Gasteiger charge is 2.36. The molecule has 1 aromatic heterocycles. The lowest BCUT2D eigenvalue weighted by Gasteiger charge is -2.27. The average molecular weight is 798 g/mol. The maximum absolute atomic E-state index is 5.15. The number of hydrogen-bond donors (Lipinski definition) is 1. The SMILES string of the molecule is C1=C(c2ccc3c4ccccc4n(-c4cccc(C5=CC=C6C(C5)c5ccccc5N6c5ccccc5)c4)c3c2)CCC(C2N=C(c3ccccc3)N=C(c3ccccc3)N2)=C1. The van der Waals surface area contributed by atoms with Crippen LogP contribution < -0.4 is 10.2 Å². The Morgan fingerprint density at radius 3 is 2.00 bits per heavy atom. The molecule has 5 heteroatoms. The van der Waals surface area contributed by atoms with Gasteiger partial charge in [0.1, 0.15) is 12.0 Å². The first-order valence-electron chi connectivity index (χ1n) is 21.7. The number of aliphatic imine (C=N–C) groups is 2. The smallest absolute Gasteiger partial charge is 0.159 e. The number of fused-ring (bicyclic) bond motifs is 6. The number of nitrogens with one attached hydrogen (secondary N) is 1. The maximum atomic E-state index is 5.15. The van der Waals surface area contributed by atoms with E-state index in [1.807, 2.05) is 24.3 Å². The van der Waals surface area contributed by atoms with Gasteiger partial charge in [0.05, 0.1) is 11.0 Å². The topological polar surface area (TPSA) is 44.9 Å². The summed E-state index contributed by atoms with van der Waals surface area (Å²) in [7, 11) is 0. The number of benzene rings is 7.